The third kappa shape index (κ3) is 5.76. The molecule has 0 spiro atoms. The standard InChI is InChI=1S/C27H29N3O2/c31-26(19-22-11-5-2-6-12-22)29-23-13-14-25(30-17-7-8-18-30)24(20-23)27(32)28-16-15-21-9-3-1-4-10-21/h1-6,9-14,20H,7-8,15-19H2,(H,28,32)(H,29,31). The molecule has 0 bridgehead atoms. The molecular formula is C27H29N3O2. The second-order valence-electron chi connectivity index (χ2n) is 8.13. The van der Waals surface area contributed by atoms with Gasteiger partial charge in [-0.3, -0.25) is 9.59 Å². The van der Waals surface area contributed by atoms with E-state index in [9.17, 15) is 9.59 Å². The van der Waals surface area contributed by atoms with Crippen molar-refractivity contribution in [3.8, 4) is 0 Å². The molecule has 0 aliphatic carbocycles. The van der Waals surface area contributed by atoms with Crippen molar-refractivity contribution in [2.75, 3.05) is 29.9 Å². The summed E-state index contributed by atoms with van der Waals surface area (Å²) in [4.78, 5) is 27.9. The molecule has 5 heteroatoms. The van der Waals surface area contributed by atoms with E-state index in [0.29, 0.717) is 24.2 Å². The first-order valence-electron chi connectivity index (χ1n) is 11.2. The minimum atomic E-state index is -0.109. The molecule has 0 aromatic heterocycles. The third-order valence-corrected chi connectivity index (χ3v) is 5.72. The van der Waals surface area contributed by atoms with Gasteiger partial charge in [0.15, 0.2) is 0 Å². The molecule has 32 heavy (non-hydrogen) atoms. The molecule has 0 atom stereocenters. The smallest absolute Gasteiger partial charge is 0.253 e. The molecule has 1 aliphatic rings. The summed E-state index contributed by atoms with van der Waals surface area (Å²) in [5, 5.41) is 6.00. The summed E-state index contributed by atoms with van der Waals surface area (Å²) in [6.45, 7) is 2.46. The van der Waals surface area contributed by atoms with Crippen molar-refractivity contribution in [1.82, 2.24) is 5.32 Å². The predicted octanol–water partition coefficient (Wildman–Crippen LogP) is 4.44. The number of amides is 2. The lowest BCUT2D eigenvalue weighted by Crippen LogP contribution is -2.29. The molecule has 2 amide bonds. The van der Waals surface area contributed by atoms with E-state index in [1.807, 2.05) is 60.7 Å². The van der Waals surface area contributed by atoms with E-state index in [-0.39, 0.29) is 11.8 Å². The Kier molecular flexibility index (Phi) is 7.18. The van der Waals surface area contributed by atoms with Gasteiger partial charge in [-0.05, 0) is 48.6 Å². The molecular weight excluding hydrogens is 398 g/mol. The van der Waals surface area contributed by atoms with Crippen molar-refractivity contribution in [3.05, 3.63) is 95.6 Å². The summed E-state index contributed by atoms with van der Waals surface area (Å²) in [7, 11) is 0. The van der Waals surface area contributed by atoms with Crippen LogP contribution in [0.15, 0.2) is 78.9 Å². The van der Waals surface area contributed by atoms with E-state index in [0.717, 1.165) is 43.6 Å². The molecule has 3 aromatic rings. The Hall–Kier alpha value is -3.60. The molecule has 1 aliphatic heterocycles. The highest BCUT2D eigenvalue weighted by Crippen LogP contribution is 2.27. The lowest BCUT2D eigenvalue weighted by atomic mass is 10.1. The number of carbonyl (C=O) groups excluding carboxylic acids is 2. The van der Waals surface area contributed by atoms with Crippen LogP contribution in [0.1, 0.15) is 34.3 Å². The Bertz CT molecular complexity index is 1050. The number of carbonyl (C=O) groups is 2. The van der Waals surface area contributed by atoms with Crippen LogP contribution < -0.4 is 15.5 Å². The van der Waals surface area contributed by atoms with Crippen molar-refractivity contribution < 1.29 is 9.59 Å². The third-order valence-electron chi connectivity index (χ3n) is 5.72. The van der Waals surface area contributed by atoms with Crippen molar-refractivity contribution in [1.29, 1.82) is 0 Å². The van der Waals surface area contributed by atoms with E-state index >= 15 is 0 Å². The average molecular weight is 428 g/mol. The number of hydrogen-bond donors (Lipinski definition) is 2. The number of benzene rings is 3. The van der Waals surface area contributed by atoms with Gasteiger partial charge in [0.25, 0.3) is 5.91 Å². The van der Waals surface area contributed by atoms with Gasteiger partial charge in [0.05, 0.1) is 12.0 Å². The van der Waals surface area contributed by atoms with Crippen LogP contribution in [0, 0.1) is 0 Å². The van der Waals surface area contributed by atoms with Crippen molar-refractivity contribution in [2.45, 2.75) is 25.7 Å². The fourth-order valence-electron chi connectivity index (χ4n) is 4.08. The first kappa shape index (κ1) is 21.6. The maximum absolute atomic E-state index is 13.1. The molecule has 4 rings (SSSR count). The van der Waals surface area contributed by atoms with Gasteiger partial charge in [0, 0.05) is 31.0 Å². The number of anilines is 2. The fraction of sp³-hybridized carbons (Fsp3) is 0.259. The van der Waals surface area contributed by atoms with Crippen molar-refractivity contribution in [3.63, 3.8) is 0 Å². The predicted molar refractivity (Wildman–Crippen MR) is 129 cm³/mol. The highest BCUT2D eigenvalue weighted by Gasteiger charge is 2.20. The van der Waals surface area contributed by atoms with Crippen LogP contribution in [-0.2, 0) is 17.6 Å². The molecule has 5 nitrogen and oxygen atoms in total. The van der Waals surface area contributed by atoms with Gasteiger partial charge in [-0.25, -0.2) is 0 Å². The zero-order valence-corrected chi connectivity index (χ0v) is 18.2. The van der Waals surface area contributed by atoms with Gasteiger partial charge in [-0.15, -0.1) is 0 Å². The number of rotatable bonds is 8. The van der Waals surface area contributed by atoms with E-state index < -0.39 is 0 Å². The molecule has 0 saturated carbocycles. The van der Waals surface area contributed by atoms with E-state index in [1.54, 1.807) is 6.07 Å². The first-order chi connectivity index (χ1) is 15.7. The summed E-state index contributed by atoms with van der Waals surface area (Å²) >= 11 is 0. The summed E-state index contributed by atoms with van der Waals surface area (Å²) < 4.78 is 0. The van der Waals surface area contributed by atoms with Gasteiger partial charge in [0.2, 0.25) is 5.91 Å². The first-order valence-corrected chi connectivity index (χ1v) is 11.2. The highest BCUT2D eigenvalue weighted by molar-refractivity contribution is 6.02. The number of nitrogens with zero attached hydrogens (tertiary/aromatic N) is 1. The molecule has 1 saturated heterocycles. The van der Waals surface area contributed by atoms with Crippen LogP contribution in [0.3, 0.4) is 0 Å². The summed E-state index contributed by atoms with van der Waals surface area (Å²) in [5.74, 6) is -0.206. The molecule has 2 N–H and O–H groups in total. The Morgan fingerprint density at radius 3 is 2.16 bits per heavy atom. The maximum Gasteiger partial charge on any atom is 0.253 e. The molecule has 0 radical (unpaired) electrons. The van der Waals surface area contributed by atoms with Gasteiger partial charge in [-0.2, -0.15) is 0 Å². The van der Waals surface area contributed by atoms with Crippen LogP contribution >= 0.6 is 0 Å². The van der Waals surface area contributed by atoms with E-state index in [4.69, 9.17) is 0 Å². The van der Waals surface area contributed by atoms with Crippen LogP contribution in [0.25, 0.3) is 0 Å². The minimum Gasteiger partial charge on any atom is -0.371 e. The van der Waals surface area contributed by atoms with Gasteiger partial charge < -0.3 is 15.5 Å². The Labute approximate surface area is 189 Å². The maximum atomic E-state index is 13.1. The molecule has 1 heterocycles. The largest absolute Gasteiger partial charge is 0.371 e. The lowest BCUT2D eigenvalue weighted by molar-refractivity contribution is -0.115. The summed E-state index contributed by atoms with van der Waals surface area (Å²) in [6, 6.07) is 25.4. The Morgan fingerprint density at radius 1 is 0.812 bits per heavy atom. The molecule has 3 aromatic carbocycles. The molecule has 1 fully saturated rings. The van der Waals surface area contributed by atoms with Crippen LogP contribution in [-0.4, -0.2) is 31.4 Å². The minimum absolute atomic E-state index is 0.0967. The van der Waals surface area contributed by atoms with Gasteiger partial charge >= 0.3 is 0 Å². The SMILES string of the molecule is O=C(Cc1ccccc1)Nc1ccc(N2CCCC2)c(C(=O)NCCc2ccccc2)c1. The Morgan fingerprint density at radius 2 is 1.47 bits per heavy atom. The van der Waals surface area contributed by atoms with Crippen LogP contribution in [0.4, 0.5) is 11.4 Å². The number of hydrogen-bond acceptors (Lipinski definition) is 3. The Balaban J connectivity index is 1.46. The fourth-order valence-corrected chi connectivity index (χ4v) is 4.08. The second-order valence-corrected chi connectivity index (χ2v) is 8.13. The zero-order valence-electron chi connectivity index (χ0n) is 18.2. The summed E-state index contributed by atoms with van der Waals surface area (Å²) in [6.07, 6.45) is 3.34. The van der Waals surface area contributed by atoms with E-state index in [1.165, 1.54) is 5.56 Å². The number of nitrogens with one attached hydrogen (secondary N) is 2. The monoisotopic (exact) mass is 427 g/mol. The highest BCUT2D eigenvalue weighted by atomic mass is 16.2. The topological polar surface area (TPSA) is 61.4 Å². The van der Waals surface area contributed by atoms with Crippen LogP contribution in [0.2, 0.25) is 0 Å². The quantitative estimate of drug-likeness (QED) is 0.559. The normalized spacial score (nSPS) is 13.1. The second kappa shape index (κ2) is 10.6. The van der Waals surface area contributed by atoms with E-state index in [2.05, 4.69) is 27.7 Å². The lowest BCUT2D eigenvalue weighted by Gasteiger charge is -2.22. The molecule has 0 unspecified atom stereocenters. The van der Waals surface area contributed by atoms with Crippen molar-refractivity contribution >= 4 is 23.2 Å². The van der Waals surface area contributed by atoms with Crippen LogP contribution in [0.5, 0.6) is 0 Å². The zero-order chi connectivity index (χ0) is 22.2. The van der Waals surface area contributed by atoms with Gasteiger partial charge in [-0.1, -0.05) is 60.7 Å². The van der Waals surface area contributed by atoms with Crippen molar-refractivity contribution in [2.24, 2.45) is 0 Å². The van der Waals surface area contributed by atoms with Gasteiger partial charge in [0.1, 0.15) is 0 Å². The summed E-state index contributed by atoms with van der Waals surface area (Å²) in [5.41, 5.74) is 4.33. The molecule has 164 valence electrons. The average Bonchev–Trinajstić information content (AvgIpc) is 3.35.